The summed E-state index contributed by atoms with van der Waals surface area (Å²) < 4.78 is 10.8. The summed E-state index contributed by atoms with van der Waals surface area (Å²) in [5.74, 6) is 1.36. The first-order valence-corrected chi connectivity index (χ1v) is 7.42. The van der Waals surface area contributed by atoms with E-state index in [1.807, 2.05) is 6.07 Å². The number of carbonyl (C=O) groups excluding carboxylic acids is 1. The van der Waals surface area contributed by atoms with Crippen LogP contribution in [0.1, 0.15) is 41.3 Å². The Bertz CT molecular complexity index is 675. The van der Waals surface area contributed by atoms with Crippen LogP contribution >= 0.6 is 11.6 Å². The van der Waals surface area contributed by atoms with E-state index >= 15 is 0 Å². The summed E-state index contributed by atoms with van der Waals surface area (Å²) in [6.07, 6.45) is 0. The van der Waals surface area contributed by atoms with Gasteiger partial charge in [0.05, 0.1) is 19.8 Å². The van der Waals surface area contributed by atoms with Gasteiger partial charge in [0.2, 0.25) is 0 Å². The molecule has 0 aliphatic rings. The molecule has 4 heteroatoms. The van der Waals surface area contributed by atoms with Crippen molar-refractivity contribution in [1.82, 2.24) is 0 Å². The van der Waals surface area contributed by atoms with Gasteiger partial charge in [-0.2, -0.15) is 0 Å². The van der Waals surface area contributed by atoms with Gasteiger partial charge in [-0.3, -0.25) is 4.79 Å². The molecule has 0 amide bonds. The topological polar surface area (TPSA) is 35.5 Å². The number of rotatable bonds is 5. The van der Waals surface area contributed by atoms with Crippen LogP contribution in [0, 0.1) is 0 Å². The van der Waals surface area contributed by atoms with Crippen LogP contribution in [-0.2, 0) is 0 Å². The Hall–Kier alpha value is -2.00. The molecule has 3 nitrogen and oxygen atoms in total. The van der Waals surface area contributed by atoms with Crippen molar-refractivity contribution in [2.24, 2.45) is 0 Å². The third-order valence-electron chi connectivity index (χ3n) is 3.52. The minimum Gasteiger partial charge on any atom is -0.496 e. The summed E-state index contributed by atoms with van der Waals surface area (Å²) in [4.78, 5) is 12.7. The van der Waals surface area contributed by atoms with E-state index < -0.39 is 0 Å². The molecular weight excluding hydrogens is 300 g/mol. The van der Waals surface area contributed by atoms with E-state index in [0.717, 1.165) is 11.3 Å². The minimum absolute atomic E-state index is 0.0990. The quantitative estimate of drug-likeness (QED) is 0.749. The van der Waals surface area contributed by atoms with E-state index in [4.69, 9.17) is 21.1 Å². The number of hydrogen-bond donors (Lipinski definition) is 0. The minimum atomic E-state index is -0.0990. The van der Waals surface area contributed by atoms with Gasteiger partial charge in [0, 0.05) is 16.7 Å². The molecule has 22 heavy (non-hydrogen) atoms. The Morgan fingerprint density at radius 3 is 2.09 bits per heavy atom. The smallest absolute Gasteiger partial charge is 0.196 e. The molecule has 0 unspecified atom stereocenters. The van der Waals surface area contributed by atoms with Gasteiger partial charge < -0.3 is 9.47 Å². The second-order valence-electron chi connectivity index (χ2n) is 5.29. The third kappa shape index (κ3) is 3.25. The largest absolute Gasteiger partial charge is 0.496 e. The summed E-state index contributed by atoms with van der Waals surface area (Å²) in [5, 5.41) is 0.598. The molecule has 0 spiro atoms. The lowest BCUT2D eigenvalue weighted by Crippen LogP contribution is -2.07. The van der Waals surface area contributed by atoms with Crippen molar-refractivity contribution >= 4 is 17.4 Å². The van der Waals surface area contributed by atoms with Crippen molar-refractivity contribution in [3.63, 3.8) is 0 Å². The molecular formula is C18H19ClO3. The van der Waals surface area contributed by atoms with Crippen molar-refractivity contribution < 1.29 is 14.3 Å². The number of ketones is 1. The van der Waals surface area contributed by atoms with Crippen LogP contribution in [0.25, 0.3) is 0 Å². The summed E-state index contributed by atoms with van der Waals surface area (Å²) in [6.45, 7) is 4.11. The highest BCUT2D eigenvalue weighted by atomic mass is 35.5. The highest BCUT2D eigenvalue weighted by molar-refractivity contribution is 6.30. The Labute approximate surface area is 135 Å². The summed E-state index contributed by atoms with van der Waals surface area (Å²) >= 11 is 5.87. The van der Waals surface area contributed by atoms with Crippen LogP contribution < -0.4 is 9.47 Å². The molecule has 0 saturated heterocycles. The predicted molar refractivity (Wildman–Crippen MR) is 88.5 cm³/mol. The second-order valence-corrected chi connectivity index (χ2v) is 5.72. The van der Waals surface area contributed by atoms with Crippen molar-refractivity contribution in [2.45, 2.75) is 19.8 Å². The average Bonchev–Trinajstić information content (AvgIpc) is 2.53. The van der Waals surface area contributed by atoms with Crippen LogP contribution in [-0.4, -0.2) is 20.0 Å². The fourth-order valence-corrected chi connectivity index (χ4v) is 2.43. The van der Waals surface area contributed by atoms with Gasteiger partial charge in [-0.1, -0.05) is 25.4 Å². The van der Waals surface area contributed by atoms with Gasteiger partial charge in [0.25, 0.3) is 0 Å². The number of hydrogen-bond acceptors (Lipinski definition) is 3. The zero-order valence-electron chi connectivity index (χ0n) is 13.1. The highest BCUT2D eigenvalue weighted by Gasteiger charge is 2.19. The Morgan fingerprint density at radius 2 is 1.59 bits per heavy atom. The first-order chi connectivity index (χ1) is 10.5. The molecule has 0 atom stereocenters. The maximum Gasteiger partial charge on any atom is 0.196 e. The molecule has 0 fully saturated rings. The molecule has 0 aliphatic carbocycles. The lowest BCUT2D eigenvalue weighted by atomic mass is 9.95. The molecule has 2 aromatic carbocycles. The molecule has 0 radical (unpaired) electrons. The highest BCUT2D eigenvalue weighted by Crippen LogP contribution is 2.34. The standard InChI is InChI=1S/C18H19ClO3/c1-11(2)14-9-15(17(22-4)10-16(14)21-3)18(20)12-5-7-13(19)8-6-12/h5-11H,1-4H3. The lowest BCUT2D eigenvalue weighted by Gasteiger charge is -2.16. The molecule has 116 valence electrons. The van der Waals surface area contributed by atoms with Crippen LogP contribution in [0.5, 0.6) is 11.5 Å². The molecule has 0 bridgehead atoms. The van der Waals surface area contributed by atoms with Crippen molar-refractivity contribution in [2.75, 3.05) is 14.2 Å². The Kier molecular flexibility index (Phi) is 5.09. The van der Waals surface area contributed by atoms with E-state index in [9.17, 15) is 4.79 Å². The maximum atomic E-state index is 12.7. The van der Waals surface area contributed by atoms with E-state index in [-0.39, 0.29) is 11.7 Å². The van der Waals surface area contributed by atoms with E-state index in [1.165, 1.54) is 0 Å². The van der Waals surface area contributed by atoms with Crippen molar-refractivity contribution in [3.8, 4) is 11.5 Å². The fourth-order valence-electron chi connectivity index (χ4n) is 2.31. The summed E-state index contributed by atoms with van der Waals surface area (Å²) in [6, 6.07) is 10.4. The normalized spacial score (nSPS) is 10.6. The van der Waals surface area contributed by atoms with Crippen LogP contribution in [0.15, 0.2) is 36.4 Å². The average molecular weight is 319 g/mol. The number of benzene rings is 2. The molecule has 2 rings (SSSR count). The monoisotopic (exact) mass is 318 g/mol. The van der Waals surface area contributed by atoms with Gasteiger partial charge in [0.1, 0.15) is 11.5 Å². The number of carbonyl (C=O) groups is 1. The van der Waals surface area contributed by atoms with E-state index in [0.29, 0.717) is 21.9 Å². The molecule has 0 aliphatic heterocycles. The predicted octanol–water partition coefficient (Wildman–Crippen LogP) is 4.71. The van der Waals surface area contributed by atoms with Gasteiger partial charge >= 0.3 is 0 Å². The molecule has 0 heterocycles. The first-order valence-electron chi connectivity index (χ1n) is 7.04. The Morgan fingerprint density at radius 1 is 1.00 bits per heavy atom. The maximum absolute atomic E-state index is 12.7. The van der Waals surface area contributed by atoms with Crippen molar-refractivity contribution in [1.29, 1.82) is 0 Å². The molecule has 0 aromatic heterocycles. The van der Waals surface area contributed by atoms with Gasteiger partial charge in [0.15, 0.2) is 5.78 Å². The number of halogens is 1. The van der Waals surface area contributed by atoms with Gasteiger partial charge in [-0.15, -0.1) is 0 Å². The van der Waals surface area contributed by atoms with Crippen LogP contribution in [0.3, 0.4) is 0 Å². The number of methoxy groups -OCH3 is 2. The van der Waals surface area contributed by atoms with E-state index in [1.54, 1.807) is 44.6 Å². The van der Waals surface area contributed by atoms with Gasteiger partial charge in [-0.25, -0.2) is 0 Å². The Balaban J connectivity index is 2.55. The fraction of sp³-hybridized carbons (Fsp3) is 0.278. The van der Waals surface area contributed by atoms with E-state index in [2.05, 4.69) is 13.8 Å². The first kappa shape index (κ1) is 16.4. The van der Waals surface area contributed by atoms with Crippen molar-refractivity contribution in [3.05, 3.63) is 58.1 Å². The number of ether oxygens (including phenoxy) is 2. The van der Waals surface area contributed by atoms with Crippen LogP contribution in [0.2, 0.25) is 5.02 Å². The SMILES string of the molecule is COc1cc(OC)c(C(C)C)cc1C(=O)c1ccc(Cl)cc1. The third-order valence-corrected chi connectivity index (χ3v) is 3.78. The zero-order chi connectivity index (χ0) is 16.3. The summed E-state index contributed by atoms with van der Waals surface area (Å²) in [5.41, 5.74) is 2.07. The molecule has 2 aromatic rings. The van der Waals surface area contributed by atoms with Gasteiger partial charge in [-0.05, 0) is 41.8 Å². The summed E-state index contributed by atoms with van der Waals surface area (Å²) in [7, 11) is 3.16. The zero-order valence-corrected chi connectivity index (χ0v) is 13.9. The van der Waals surface area contributed by atoms with Crippen LogP contribution in [0.4, 0.5) is 0 Å². The lowest BCUT2D eigenvalue weighted by molar-refractivity contribution is 0.103. The second kappa shape index (κ2) is 6.84. The molecule has 0 N–H and O–H groups in total. The molecule has 0 saturated carbocycles.